The lowest BCUT2D eigenvalue weighted by atomic mass is 9.93. The number of guanidine groups is 1. The molecule has 1 aliphatic rings. The number of thiazole rings is 2. The molecule has 156 valence electrons. The second kappa shape index (κ2) is 10.3. The van der Waals surface area contributed by atoms with Gasteiger partial charge < -0.3 is 10.2 Å². The Morgan fingerprint density at radius 3 is 2.61 bits per heavy atom. The number of nitrogens with one attached hydrogen (secondary N) is 1. The van der Waals surface area contributed by atoms with Gasteiger partial charge in [-0.1, -0.05) is 20.8 Å². The van der Waals surface area contributed by atoms with Crippen LogP contribution in [0.5, 0.6) is 0 Å². The number of aryl methyl sites for hydroxylation is 2. The van der Waals surface area contributed by atoms with E-state index in [1.165, 1.54) is 45.5 Å². The molecule has 8 heteroatoms. The van der Waals surface area contributed by atoms with Crippen LogP contribution in [0.25, 0.3) is 0 Å². The maximum Gasteiger partial charge on any atom is 0.193 e. The molecule has 0 atom stereocenters. The lowest BCUT2D eigenvalue weighted by Gasteiger charge is -2.20. The van der Waals surface area contributed by atoms with Crippen LogP contribution in [-0.4, -0.2) is 41.5 Å². The monoisotopic (exact) mass is 533 g/mol. The number of halogens is 1. The molecule has 0 fully saturated rings. The quantitative estimate of drug-likeness (QED) is 0.346. The normalized spacial score (nSPS) is 14.4. The van der Waals surface area contributed by atoms with Crippen molar-refractivity contribution in [3.63, 3.8) is 0 Å². The number of rotatable bonds is 5. The van der Waals surface area contributed by atoms with Gasteiger partial charge in [-0.15, -0.1) is 46.7 Å². The van der Waals surface area contributed by atoms with Gasteiger partial charge in [0.1, 0.15) is 5.01 Å². The molecule has 3 rings (SSSR count). The fourth-order valence-corrected chi connectivity index (χ4v) is 5.42. The molecule has 0 radical (unpaired) electrons. The van der Waals surface area contributed by atoms with Crippen LogP contribution in [0, 0.1) is 0 Å². The van der Waals surface area contributed by atoms with Gasteiger partial charge in [0, 0.05) is 42.7 Å². The van der Waals surface area contributed by atoms with E-state index in [4.69, 9.17) is 9.97 Å². The first-order valence-electron chi connectivity index (χ1n) is 9.71. The van der Waals surface area contributed by atoms with E-state index in [9.17, 15) is 0 Å². The topological polar surface area (TPSA) is 53.4 Å². The number of hydrogen-bond acceptors (Lipinski definition) is 5. The summed E-state index contributed by atoms with van der Waals surface area (Å²) in [6.07, 6.45) is 5.85. The van der Waals surface area contributed by atoms with Crippen LogP contribution in [0.4, 0.5) is 0 Å². The fourth-order valence-electron chi connectivity index (χ4n) is 3.19. The molecule has 28 heavy (non-hydrogen) atoms. The van der Waals surface area contributed by atoms with Gasteiger partial charge >= 0.3 is 0 Å². The van der Waals surface area contributed by atoms with Crippen molar-refractivity contribution < 1.29 is 0 Å². The highest BCUT2D eigenvalue weighted by Gasteiger charge is 2.18. The Hall–Kier alpha value is -0.740. The first-order chi connectivity index (χ1) is 12.9. The molecule has 0 amide bonds. The van der Waals surface area contributed by atoms with Crippen LogP contribution >= 0.6 is 46.7 Å². The van der Waals surface area contributed by atoms with Crippen LogP contribution in [0.3, 0.4) is 0 Å². The molecule has 5 nitrogen and oxygen atoms in total. The van der Waals surface area contributed by atoms with E-state index in [1.807, 2.05) is 18.4 Å². The van der Waals surface area contributed by atoms with Crippen molar-refractivity contribution in [3.8, 4) is 0 Å². The Morgan fingerprint density at radius 1 is 1.21 bits per heavy atom. The highest BCUT2D eigenvalue weighted by molar-refractivity contribution is 14.0. The van der Waals surface area contributed by atoms with E-state index in [2.05, 4.69) is 48.4 Å². The van der Waals surface area contributed by atoms with E-state index < -0.39 is 0 Å². The first-order valence-corrected chi connectivity index (χ1v) is 11.4. The van der Waals surface area contributed by atoms with Crippen molar-refractivity contribution in [1.82, 2.24) is 20.2 Å². The van der Waals surface area contributed by atoms with Gasteiger partial charge in [-0.2, -0.15) is 0 Å². The van der Waals surface area contributed by atoms with Crippen LogP contribution in [0.2, 0.25) is 0 Å². The average Bonchev–Trinajstić information content (AvgIpc) is 3.24. The smallest absolute Gasteiger partial charge is 0.193 e. The molecule has 0 aliphatic heterocycles. The molecule has 2 heterocycles. The number of aromatic nitrogens is 2. The molecule has 0 unspecified atom stereocenters. The van der Waals surface area contributed by atoms with Crippen LogP contribution in [-0.2, 0) is 31.2 Å². The second-order valence-corrected chi connectivity index (χ2v) is 10.3. The van der Waals surface area contributed by atoms with Gasteiger partial charge in [0.05, 0.1) is 22.9 Å². The zero-order valence-corrected chi connectivity index (χ0v) is 21.5. The predicted octanol–water partition coefficient (Wildman–Crippen LogP) is 4.64. The van der Waals surface area contributed by atoms with Gasteiger partial charge in [-0.3, -0.25) is 4.99 Å². The van der Waals surface area contributed by atoms with E-state index in [0.717, 1.165) is 31.9 Å². The van der Waals surface area contributed by atoms with Crippen molar-refractivity contribution >= 4 is 52.6 Å². The van der Waals surface area contributed by atoms with E-state index >= 15 is 0 Å². The lowest BCUT2D eigenvalue weighted by Crippen LogP contribution is -2.39. The van der Waals surface area contributed by atoms with Gasteiger partial charge in [-0.25, -0.2) is 9.97 Å². The van der Waals surface area contributed by atoms with Crippen LogP contribution in [0.15, 0.2) is 10.4 Å². The molecule has 2 aromatic rings. The standard InChI is InChI=1S/C20H31N5S2.HI/c1-20(2,3)16-13-26-17(24-16)10-11-22-19(21-4)25(5)12-18-23-14-8-6-7-9-15(14)27-18;/h13H,6-12H2,1-5H3,(H,21,22);1H. The molecular weight excluding hydrogens is 501 g/mol. The molecule has 0 bridgehead atoms. The Labute approximate surface area is 194 Å². The van der Waals surface area contributed by atoms with Gasteiger partial charge in [0.15, 0.2) is 5.96 Å². The summed E-state index contributed by atoms with van der Waals surface area (Å²) in [4.78, 5) is 17.7. The maximum absolute atomic E-state index is 4.85. The molecule has 0 saturated heterocycles. The van der Waals surface area contributed by atoms with Gasteiger partial charge in [-0.05, 0) is 25.7 Å². The summed E-state index contributed by atoms with van der Waals surface area (Å²) in [5, 5.41) is 8.02. The third-order valence-electron chi connectivity index (χ3n) is 4.78. The van der Waals surface area contributed by atoms with Crippen molar-refractivity contribution in [3.05, 3.63) is 31.7 Å². The minimum atomic E-state index is 0. The summed E-state index contributed by atoms with van der Waals surface area (Å²) in [5.74, 6) is 0.913. The number of aliphatic imine (C=N–C) groups is 1. The van der Waals surface area contributed by atoms with Crippen LogP contribution < -0.4 is 5.32 Å². The van der Waals surface area contributed by atoms with Crippen molar-refractivity contribution in [1.29, 1.82) is 0 Å². The largest absolute Gasteiger partial charge is 0.356 e. The summed E-state index contributed by atoms with van der Waals surface area (Å²) in [6.45, 7) is 8.26. The molecule has 2 aromatic heterocycles. The summed E-state index contributed by atoms with van der Waals surface area (Å²) in [6, 6.07) is 0. The predicted molar refractivity (Wildman–Crippen MR) is 132 cm³/mol. The maximum atomic E-state index is 4.85. The zero-order chi connectivity index (χ0) is 19.4. The Kier molecular flexibility index (Phi) is 8.69. The number of fused-ring (bicyclic) bond motifs is 1. The highest BCUT2D eigenvalue weighted by atomic mass is 127. The van der Waals surface area contributed by atoms with Gasteiger partial charge in [0.2, 0.25) is 0 Å². The lowest BCUT2D eigenvalue weighted by molar-refractivity contribution is 0.475. The average molecular weight is 534 g/mol. The van der Waals surface area contributed by atoms with E-state index in [0.29, 0.717) is 0 Å². The minimum Gasteiger partial charge on any atom is -0.356 e. The highest BCUT2D eigenvalue weighted by Crippen LogP contribution is 2.27. The Balaban J connectivity index is 0.00000280. The second-order valence-electron chi connectivity index (χ2n) is 8.14. The van der Waals surface area contributed by atoms with E-state index in [1.54, 1.807) is 11.3 Å². The molecular formula is C20H32IN5S2. The molecule has 1 N–H and O–H groups in total. The number of nitrogens with zero attached hydrogens (tertiary/aromatic N) is 4. The molecule has 0 saturated carbocycles. The van der Waals surface area contributed by atoms with E-state index in [-0.39, 0.29) is 29.4 Å². The third-order valence-corrected chi connectivity index (χ3v) is 6.83. The van der Waals surface area contributed by atoms with Crippen molar-refractivity contribution in [2.24, 2.45) is 4.99 Å². The summed E-state index contributed by atoms with van der Waals surface area (Å²) in [5.41, 5.74) is 2.62. The summed E-state index contributed by atoms with van der Waals surface area (Å²) >= 11 is 3.62. The zero-order valence-electron chi connectivity index (χ0n) is 17.5. The Morgan fingerprint density at radius 2 is 1.96 bits per heavy atom. The Bertz CT molecular complexity index is 767. The third kappa shape index (κ3) is 6.13. The first kappa shape index (κ1) is 23.5. The molecule has 0 spiro atoms. The van der Waals surface area contributed by atoms with Crippen molar-refractivity contribution in [2.75, 3.05) is 20.6 Å². The summed E-state index contributed by atoms with van der Waals surface area (Å²) in [7, 11) is 3.92. The van der Waals surface area contributed by atoms with Crippen molar-refractivity contribution in [2.45, 2.75) is 64.8 Å². The van der Waals surface area contributed by atoms with Crippen LogP contribution in [0.1, 0.15) is 59.9 Å². The van der Waals surface area contributed by atoms with Gasteiger partial charge in [0.25, 0.3) is 0 Å². The molecule has 0 aromatic carbocycles. The minimum absolute atomic E-state index is 0. The number of hydrogen-bond donors (Lipinski definition) is 1. The summed E-state index contributed by atoms with van der Waals surface area (Å²) < 4.78 is 0. The molecule has 1 aliphatic carbocycles. The SMILES string of the molecule is CN=C(NCCc1nc(C(C)(C)C)cs1)N(C)Cc1nc2c(s1)CCCC2.I. The fraction of sp³-hybridized carbons (Fsp3) is 0.650.